The summed E-state index contributed by atoms with van der Waals surface area (Å²) in [7, 11) is -3.81. The Morgan fingerprint density at radius 2 is 1.54 bits per heavy atom. The maximum atomic E-state index is 12.5. The van der Waals surface area contributed by atoms with Gasteiger partial charge in [-0.15, -0.1) is 0 Å². The van der Waals surface area contributed by atoms with Crippen molar-refractivity contribution in [1.82, 2.24) is 9.97 Å². The van der Waals surface area contributed by atoms with Crippen molar-refractivity contribution >= 4 is 26.7 Å². The smallest absolute Gasteiger partial charge is 0.314 e. The number of aromatic amines is 2. The summed E-state index contributed by atoms with van der Waals surface area (Å²) in [5.41, 5.74) is 0.523. The fourth-order valence-electron chi connectivity index (χ4n) is 2.28. The third-order valence-electron chi connectivity index (χ3n) is 3.62. The zero-order valence-corrected chi connectivity index (χ0v) is 13.6. The molecule has 0 aliphatic rings. The summed E-state index contributed by atoms with van der Waals surface area (Å²) in [6, 6.07) is 11.2. The van der Waals surface area contributed by atoms with Gasteiger partial charge in [-0.25, -0.2) is 8.42 Å². The highest BCUT2D eigenvalue weighted by molar-refractivity contribution is 7.92. The van der Waals surface area contributed by atoms with Gasteiger partial charge in [-0.2, -0.15) is 0 Å². The molecule has 3 N–H and O–H groups in total. The van der Waals surface area contributed by atoms with E-state index < -0.39 is 21.1 Å². The van der Waals surface area contributed by atoms with Gasteiger partial charge in [0, 0.05) is 5.69 Å². The van der Waals surface area contributed by atoms with Crippen LogP contribution in [0.5, 0.6) is 0 Å². The van der Waals surface area contributed by atoms with Gasteiger partial charge in [0.05, 0.1) is 15.9 Å². The fraction of sp³-hybridized carbons (Fsp3) is 0.125. The monoisotopic (exact) mass is 345 g/mol. The number of rotatable bonds is 4. The van der Waals surface area contributed by atoms with Gasteiger partial charge in [0.15, 0.2) is 0 Å². The molecule has 2 aromatic carbocycles. The number of hydrogen-bond acceptors (Lipinski definition) is 4. The maximum absolute atomic E-state index is 12.5. The zero-order valence-electron chi connectivity index (χ0n) is 12.8. The topological polar surface area (TPSA) is 112 Å². The average molecular weight is 345 g/mol. The third-order valence-corrected chi connectivity index (χ3v) is 5.00. The Morgan fingerprint density at radius 3 is 2.17 bits per heavy atom. The van der Waals surface area contributed by atoms with Crippen molar-refractivity contribution in [3.8, 4) is 0 Å². The summed E-state index contributed by atoms with van der Waals surface area (Å²) >= 11 is 0. The van der Waals surface area contributed by atoms with Crippen LogP contribution < -0.4 is 15.8 Å². The van der Waals surface area contributed by atoms with Crippen molar-refractivity contribution in [3.63, 3.8) is 0 Å². The van der Waals surface area contributed by atoms with Crippen molar-refractivity contribution in [1.29, 1.82) is 0 Å². The summed E-state index contributed by atoms with van der Waals surface area (Å²) < 4.78 is 27.4. The Balaban J connectivity index is 1.99. The number of anilines is 1. The maximum Gasteiger partial charge on any atom is 0.314 e. The minimum atomic E-state index is -3.81. The minimum absolute atomic E-state index is 0.0164. The van der Waals surface area contributed by atoms with Gasteiger partial charge >= 0.3 is 11.1 Å². The number of aromatic nitrogens is 2. The first-order valence-electron chi connectivity index (χ1n) is 7.27. The Kier molecular flexibility index (Phi) is 3.98. The molecule has 1 aromatic heterocycles. The second kappa shape index (κ2) is 5.97. The highest BCUT2D eigenvalue weighted by Crippen LogP contribution is 2.19. The van der Waals surface area contributed by atoms with Crippen LogP contribution in [0.2, 0.25) is 0 Å². The molecule has 0 aliphatic heterocycles. The van der Waals surface area contributed by atoms with E-state index >= 15 is 0 Å². The number of hydrogen-bond donors (Lipinski definition) is 3. The lowest BCUT2D eigenvalue weighted by Crippen LogP contribution is -2.29. The van der Waals surface area contributed by atoms with E-state index in [0.717, 1.165) is 12.0 Å². The molecule has 0 saturated heterocycles. The molecule has 0 unspecified atom stereocenters. The summed E-state index contributed by atoms with van der Waals surface area (Å²) in [5, 5.41) is 0. The van der Waals surface area contributed by atoms with Crippen LogP contribution in [0, 0.1) is 0 Å². The standard InChI is InChI=1S/C16H15N3O4S/c1-2-10-3-5-11(6-4-10)19-24(22,23)12-7-8-13-14(9-12)18-16(21)15(20)17-13/h3-9,19H,2H2,1H3,(H,17,20)(H,18,21). The largest absolute Gasteiger partial charge is 0.316 e. The predicted molar refractivity (Wildman–Crippen MR) is 91.8 cm³/mol. The van der Waals surface area contributed by atoms with E-state index in [1.165, 1.54) is 18.2 Å². The molecule has 0 fully saturated rings. The fourth-order valence-corrected chi connectivity index (χ4v) is 3.37. The summed E-state index contributed by atoms with van der Waals surface area (Å²) in [6.07, 6.45) is 0.864. The van der Waals surface area contributed by atoms with E-state index in [2.05, 4.69) is 14.7 Å². The minimum Gasteiger partial charge on any atom is -0.316 e. The van der Waals surface area contributed by atoms with Crippen molar-refractivity contribution in [2.75, 3.05) is 4.72 Å². The number of fused-ring (bicyclic) bond motifs is 1. The Morgan fingerprint density at radius 1 is 0.917 bits per heavy atom. The van der Waals surface area contributed by atoms with Crippen LogP contribution in [0.1, 0.15) is 12.5 Å². The normalized spacial score (nSPS) is 11.5. The molecule has 3 aromatic rings. The van der Waals surface area contributed by atoms with Crippen LogP contribution in [0.3, 0.4) is 0 Å². The Bertz CT molecular complexity index is 1110. The van der Waals surface area contributed by atoms with Gasteiger partial charge in [-0.05, 0) is 42.3 Å². The van der Waals surface area contributed by atoms with Crippen LogP contribution in [-0.4, -0.2) is 18.4 Å². The molecule has 8 heteroatoms. The highest BCUT2D eigenvalue weighted by atomic mass is 32.2. The molecule has 0 saturated carbocycles. The van der Waals surface area contributed by atoms with Crippen molar-refractivity contribution in [2.45, 2.75) is 18.2 Å². The quantitative estimate of drug-likeness (QED) is 0.623. The van der Waals surface area contributed by atoms with E-state index in [0.29, 0.717) is 11.2 Å². The van der Waals surface area contributed by atoms with Gasteiger partial charge in [0.2, 0.25) is 0 Å². The highest BCUT2D eigenvalue weighted by Gasteiger charge is 2.15. The van der Waals surface area contributed by atoms with E-state index in [4.69, 9.17) is 0 Å². The molecule has 24 heavy (non-hydrogen) atoms. The molecule has 0 amide bonds. The van der Waals surface area contributed by atoms with Crippen LogP contribution >= 0.6 is 0 Å². The van der Waals surface area contributed by atoms with E-state index in [1.54, 1.807) is 12.1 Å². The number of aryl methyl sites for hydroxylation is 1. The molecule has 0 atom stereocenters. The molecule has 0 radical (unpaired) electrons. The zero-order chi connectivity index (χ0) is 17.3. The first-order valence-corrected chi connectivity index (χ1v) is 8.75. The number of benzene rings is 2. The van der Waals surface area contributed by atoms with Crippen molar-refractivity contribution < 1.29 is 8.42 Å². The molecular formula is C16H15N3O4S. The number of H-pyrrole nitrogens is 2. The lowest BCUT2D eigenvalue weighted by molar-refractivity contribution is 0.601. The molecule has 124 valence electrons. The summed E-state index contributed by atoms with van der Waals surface area (Å²) in [6.45, 7) is 2.01. The number of sulfonamides is 1. The second-order valence-corrected chi connectivity index (χ2v) is 6.95. The first kappa shape index (κ1) is 16.0. The summed E-state index contributed by atoms with van der Waals surface area (Å²) in [5.74, 6) is 0. The SMILES string of the molecule is CCc1ccc(NS(=O)(=O)c2ccc3[nH]c(=O)c(=O)[nH]c3c2)cc1. The van der Waals surface area contributed by atoms with E-state index in [9.17, 15) is 18.0 Å². The van der Waals surface area contributed by atoms with Crippen LogP contribution in [0.15, 0.2) is 56.9 Å². The van der Waals surface area contributed by atoms with Gasteiger partial charge < -0.3 is 9.97 Å². The van der Waals surface area contributed by atoms with Gasteiger partial charge in [-0.1, -0.05) is 19.1 Å². The molecule has 0 bridgehead atoms. The average Bonchev–Trinajstić information content (AvgIpc) is 2.56. The van der Waals surface area contributed by atoms with E-state index in [1.807, 2.05) is 19.1 Å². The third kappa shape index (κ3) is 3.09. The molecule has 0 spiro atoms. The molecule has 1 heterocycles. The molecule has 0 aliphatic carbocycles. The molecule has 3 rings (SSSR count). The number of nitrogens with one attached hydrogen (secondary N) is 3. The lowest BCUT2D eigenvalue weighted by atomic mass is 10.2. The Hall–Kier alpha value is -2.87. The van der Waals surface area contributed by atoms with Crippen molar-refractivity contribution in [2.24, 2.45) is 0 Å². The van der Waals surface area contributed by atoms with Crippen LogP contribution in [-0.2, 0) is 16.4 Å². The second-order valence-electron chi connectivity index (χ2n) is 5.27. The van der Waals surface area contributed by atoms with Gasteiger partial charge in [0.25, 0.3) is 10.0 Å². The predicted octanol–water partition coefficient (Wildman–Crippen LogP) is 1.58. The van der Waals surface area contributed by atoms with Crippen LogP contribution in [0.25, 0.3) is 11.0 Å². The van der Waals surface area contributed by atoms with Crippen molar-refractivity contribution in [3.05, 3.63) is 68.7 Å². The first-order chi connectivity index (χ1) is 11.4. The summed E-state index contributed by atoms with van der Waals surface area (Å²) in [4.78, 5) is 27.4. The lowest BCUT2D eigenvalue weighted by Gasteiger charge is -2.09. The van der Waals surface area contributed by atoms with Gasteiger partial charge in [0.1, 0.15) is 0 Å². The molecular weight excluding hydrogens is 330 g/mol. The Labute approximate surface area is 137 Å². The van der Waals surface area contributed by atoms with E-state index in [-0.39, 0.29) is 10.4 Å². The molecule has 7 nitrogen and oxygen atoms in total. The van der Waals surface area contributed by atoms with Crippen LogP contribution in [0.4, 0.5) is 5.69 Å². The van der Waals surface area contributed by atoms with Gasteiger partial charge in [-0.3, -0.25) is 14.3 Å².